The maximum absolute atomic E-state index is 12.4. The Morgan fingerprint density at radius 2 is 1.94 bits per heavy atom. The van der Waals surface area contributed by atoms with Gasteiger partial charge < -0.3 is 9.88 Å². The second-order valence-electron chi connectivity index (χ2n) is 7.69. The van der Waals surface area contributed by atoms with Gasteiger partial charge in [-0.2, -0.15) is 0 Å². The van der Waals surface area contributed by atoms with Crippen molar-refractivity contribution in [3.63, 3.8) is 0 Å². The van der Waals surface area contributed by atoms with E-state index in [9.17, 15) is 9.59 Å². The lowest BCUT2D eigenvalue weighted by molar-refractivity contribution is -0.113. The summed E-state index contributed by atoms with van der Waals surface area (Å²) in [6.07, 6.45) is 5.74. The average molecular weight is 455 g/mol. The fourth-order valence-corrected chi connectivity index (χ4v) is 5.71. The van der Waals surface area contributed by atoms with Gasteiger partial charge in [-0.15, -0.1) is 21.5 Å². The van der Waals surface area contributed by atoms with Gasteiger partial charge in [0.15, 0.2) is 16.8 Å². The number of ketones is 1. The number of rotatable bonds is 8. The summed E-state index contributed by atoms with van der Waals surface area (Å²) in [5.41, 5.74) is 3.95. The highest BCUT2D eigenvalue weighted by atomic mass is 32.2. The zero-order valence-corrected chi connectivity index (χ0v) is 19.4. The summed E-state index contributed by atoms with van der Waals surface area (Å²) >= 11 is 3.24. The second-order valence-corrected chi connectivity index (χ2v) is 9.59. The van der Waals surface area contributed by atoms with Crippen molar-refractivity contribution >= 4 is 40.5 Å². The van der Waals surface area contributed by atoms with E-state index in [2.05, 4.69) is 32.4 Å². The van der Waals surface area contributed by atoms with Crippen LogP contribution in [-0.2, 0) is 24.2 Å². The van der Waals surface area contributed by atoms with E-state index in [-0.39, 0.29) is 17.4 Å². The Balaban J connectivity index is 1.45. The minimum Gasteiger partial charge on any atom is -0.325 e. The van der Waals surface area contributed by atoms with Crippen LogP contribution in [0.5, 0.6) is 0 Å². The minimum atomic E-state index is -0.110. The highest BCUT2D eigenvalue weighted by Crippen LogP contribution is 2.36. The molecule has 2 heterocycles. The number of thiophene rings is 1. The molecule has 3 aromatic rings. The van der Waals surface area contributed by atoms with Gasteiger partial charge in [-0.25, -0.2) is 0 Å². The molecule has 0 unspecified atom stereocenters. The van der Waals surface area contributed by atoms with Crippen molar-refractivity contribution in [1.29, 1.82) is 0 Å². The molecule has 0 saturated heterocycles. The molecule has 31 heavy (non-hydrogen) atoms. The van der Waals surface area contributed by atoms with Gasteiger partial charge >= 0.3 is 0 Å². The van der Waals surface area contributed by atoms with Gasteiger partial charge in [0.1, 0.15) is 0 Å². The van der Waals surface area contributed by atoms with Crippen LogP contribution in [0.15, 0.2) is 34.8 Å². The van der Waals surface area contributed by atoms with Crippen molar-refractivity contribution in [3.05, 3.63) is 45.6 Å². The summed E-state index contributed by atoms with van der Waals surface area (Å²) in [4.78, 5) is 25.3. The molecule has 0 aliphatic heterocycles. The van der Waals surface area contributed by atoms with Crippen molar-refractivity contribution in [3.8, 4) is 11.4 Å². The Morgan fingerprint density at radius 1 is 1.16 bits per heavy atom. The number of carbonyl (C=O) groups is 2. The molecule has 0 fully saturated rings. The Hall–Kier alpha value is -2.45. The predicted octanol–water partition coefficient (Wildman–Crippen LogP) is 5.23. The highest BCUT2D eigenvalue weighted by molar-refractivity contribution is 7.99. The van der Waals surface area contributed by atoms with E-state index in [1.54, 1.807) is 24.3 Å². The standard InChI is InChI=1S/C23H26N4O2S2/c1-3-12-27-22(19-13-30-20-7-5-4-6-18(19)20)25-26-23(27)31-14-21(29)24-17-10-8-16(9-11-17)15(2)28/h8-11,13H,3-7,12,14H2,1-2H3,(H,24,29). The third kappa shape index (κ3) is 4.91. The number of Topliss-reactive ketones (excluding diaryl/α,β-unsaturated/α-hetero) is 1. The number of nitrogens with zero attached hydrogens (tertiary/aromatic N) is 3. The number of amides is 1. The third-order valence-corrected chi connectivity index (χ3v) is 7.43. The molecule has 0 radical (unpaired) electrons. The topological polar surface area (TPSA) is 76.9 Å². The lowest BCUT2D eigenvalue weighted by Gasteiger charge is -2.13. The molecule has 0 spiro atoms. The largest absolute Gasteiger partial charge is 0.325 e. The Kier molecular flexibility index (Phi) is 6.87. The minimum absolute atomic E-state index is 0.00591. The molecule has 0 atom stereocenters. The zero-order valence-electron chi connectivity index (χ0n) is 17.8. The Morgan fingerprint density at radius 3 is 2.68 bits per heavy atom. The first-order valence-electron chi connectivity index (χ1n) is 10.6. The second kappa shape index (κ2) is 9.78. The van der Waals surface area contributed by atoms with Crippen LogP contribution in [0, 0.1) is 0 Å². The number of carbonyl (C=O) groups excluding carboxylic acids is 2. The first-order valence-corrected chi connectivity index (χ1v) is 12.5. The Labute approximate surface area is 190 Å². The molecule has 0 saturated carbocycles. The van der Waals surface area contributed by atoms with Gasteiger partial charge in [-0.1, -0.05) is 18.7 Å². The van der Waals surface area contributed by atoms with Crippen LogP contribution in [0.3, 0.4) is 0 Å². The van der Waals surface area contributed by atoms with Crippen molar-refractivity contribution < 1.29 is 9.59 Å². The monoisotopic (exact) mass is 454 g/mol. The molecule has 162 valence electrons. The number of benzene rings is 1. The summed E-state index contributed by atoms with van der Waals surface area (Å²) in [7, 11) is 0. The van der Waals surface area contributed by atoms with E-state index in [4.69, 9.17) is 0 Å². The summed E-state index contributed by atoms with van der Waals surface area (Å²) in [5.74, 6) is 1.06. The van der Waals surface area contributed by atoms with E-state index < -0.39 is 0 Å². The van der Waals surface area contributed by atoms with Crippen LogP contribution in [0.25, 0.3) is 11.4 Å². The van der Waals surface area contributed by atoms with Gasteiger partial charge in [-0.05, 0) is 68.9 Å². The van der Waals surface area contributed by atoms with E-state index >= 15 is 0 Å². The number of fused-ring (bicyclic) bond motifs is 1. The molecule has 1 aromatic carbocycles. The van der Waals surface area contributed by atoms with Gasteiger partial charge in [0.05, 0.1) is 5.75 Å². The number of thioether (sulfide) groups is 1. The molecule has 1 aliphatic rings. The molecule has 4 rings (SSSR count). The zero-order chi connectivity index (χ0) is 21.8. The first-order chi connectivity index (χ1) is 15.1. The van der Waals surface area contributed by atoms with E-state index in [0.29, 0.717) is 11.3 Å². The molecule has 6 nitrogen and oxygen atoms in total. The lowest BCUT2D eigenvalue weighted by atomic mass is 9.95. The molecule has 8 heteroatoms. The molecule has 1 aliphatic carbocycles. The van der Waals surface area contributed by atoms with Crippen molar-refractivity contribution in [2.75, 3.05) is 11.1 Å². The molecule has 1 N–H and O–H groups in total. The van der Waals surface area contributed by atoms with Gasteiger partial charge in [0.25, 0.3) is 0 Å². The number of hydrogen-bond acceptors (Lipinski definition) is 6. The summed E-state index contributed by atoms with van der Waals surface area (Å²) in [5, 5.41) is 14.8. The van der Waals surface area contributed by atoms with E-state index in [1.807, 2.05) is 11.3 Å². The molecule has 0 bridgehead atoms. The van der Waals surface area contributed by atoms with Gasteiger partial charge in [0.2, 0.25) is 5.91 Å². The van der Waals surface area contributed by atoms with Gasteiger partial charge in [-0.3, -0.25) is 9.59 Å². The fraction of sp³-hybridized carbons (Fsp3) is 0.391. The smallest absolute Gasteiger partial charge is 0.234 e. The van der Waals surface area contributed by atoms with E-state index in [1.165, 1.54) is 47.5 Å². The van der Waals surface area contributed by atoms with Crippen LogP contribution in [0.1, 0.15) is 53.9 Å². The number of nitrogens with one attached hydrogen (secondary N) is 1. The van der Waals surface area contributed by atoms with E-state index in [0.717, 1.165) is 36.8 Å². The van der Waals surface area contributed by atoms with Crippen LogP contribution >= 0.6 is 23.1 Å². The maximum Gasteiger partial charge on any atom is 0.234 e. The number of aromatic nitrogens is 3. The van der Waals surface area contributed by atoms with Crippen LogP contribution in [0.4, 0.5) is 5.69 Å². The summed E-state index contributed by atoms with van der Waals surface area (Å²) < 4.78 is 2.15. The summed E-state index contributed by atoms with van der Waals surface area (Å²) in [6, 6.07) is 6.93. The highest BCUT2D eigenvalue weighted by Gasteiger charge is 2.22. The molecule has 2 aromatic heterocycles. The van der Waals surface area contributed by atoms with Gasteiger partial charge in [0, 0.05) is 33.6 Å². The van der Waals surface area contributed by atoms with Crippen molar-refractivity contribution in [2.24, 2.45) is 0 Å². The van der Waals surface area contributed by atoms with Crippen LogP contribution in [-0.4, -0.2) is 32.2 Å². The first kappa shape index (κ1) is 21.8. The predicted molar refractivity (Wildman–Crippen MR) is 126 cm³/mol. The normalized spacial score (nSPS) is 13.1. The number of anilines is 1. The third-order valence-electron chi connectivity index (χ3n) is 5.37. The number of aryl methyl sites for hydroxylation is 1. The molecular weight excluding hydrogens is 428 g/mol. The SMILES string of the molecule is CCCn1c(SCC(=O)Nc2ccc(C(C)=O)cc2)nnc1-c1csc2c1CCCC2. The van der Waals surface area contributed by atoms with Crippen LogP contribution < -0.4 is 5.32 Å². The average Bonchev–Trinajstić information content (AvgIpc) is 3.37. The fourth-order valence-electron chi connectivity index (χ4n) is 3.82. The quantitative estimate of drug-likeness (QED) is 0.373. The van der Waals surface area contributed by atoms with Crippen molar-refractivity contribution in [2.45, 2.75) is 57.7 Å². The molecule has 1 amide bonds. The molecular formula is C23H26N4O2S2. The number of hydrogen-bond donors (Lipinski definition) is 1. The summed E-state index contributed by atoms with van der Waals surface area (Å²) in [6.45, 7) is 4.49. The maximum atomic E-state index is 12.4. The Bertz CT molecular complexity index is 1090. The van der Waals surface area contributed by atoms with Crippen molar-refractivity contribution in [1.82, 2.24) is 14.8 Å². The lowest BCUT2D eigenvalue weighted by Crippen LogP contribution is -2.15. The van der Waals surface area contributed by atoms with Crippen LogP contribution in [0.2, 0.25) is 0 Å².